The van der Waals surface area contributed by atoms with E-state index in [1.807, 2.05) is 0 Å². The molecule has 0 aromatic carbocycles. The molecule has 0 aliphatic carbocycles. The zero-order chi connectivity index (χ0) is 20.6. The van der Waals surface area contributed by atoms with E-state index in [4.69, 9.17) is 14.2 Å². The van der Waals surface area contributed by atoms with E-state index < -0.39 is 86.6 Å². The highest BCUT2D eigenvalue weighted by atomic mass is 16.8. The van der Waals surface area contributed by atoms with Crippen LogP contribution in [0.3, 0.4) is 0 Å². The molecule has 2 aliphatic heterocycles. The summed E-state index contributed by atoms with van der Waals surface area (Å²) < 4.78 is 16.2. The van der Waals surface area contributed by atoms with Crippen molar-refractivity contribution >= 4 is 0 Å². The quantitative estimate of drug-likeness (QED) is 0.196. The molecule has 12 nitrogen and oxygen atoms in total. The number of hydrogen-bond donors (Lipinski definition) is 9. The van der Waals surface area contributed by atoms with E-state index >= 15 is 0 Å². The van der Waals surface area contributed by atoms with Crippen LogP contribution in [0.15, 0.2) is 0 Å². The normalized spacial score (nSPS) is 49.3. The summed E-state index contributed by atoms with van der Waals surface area (Å²) in [6, 6.07) is 0. The van der Waals surface area contributed by atoms with E-state index in [1.165, 1.54) is 6.92 Å². The van der Waals surface area contributed by atoms with Gasteiger partial charge in [-0.2, -0.15) is 0 Å². The third-order valence-electron chi connectivity index (χ3n) is 4.87. The maximum atomic E-state index is 10.5. The van der Waals surface area contributed by atoms with Gasteiger partial charge in [-0.25, -0.2) is 0 Å². The molecule has 2 fully saturated rings. The van der Waals surface area contributed by atoms with Crippen LogP contribution in [0.25, 0.3) is 0 Å². The van der Waals surface area contributed by atoms with Crippen molar-refractivity contribution in [2.24, 2.45) is 0 Å². The van der Waals surface area contributed by atoms with E-state index in [0.717, 1.165) is 0 Å². The summed E-state index contributed by atoms with van der Waals surface area (Å²) in [5, 5.41) is 89.0. The second-order valence-electron chi connectivity index (χ2n) is 6.98. The summed E-state index contributed by atoms with van der Waals surface area (Å²) >= 11 is 0. The van der Waals surface area contributed by atoms with Crippen molar-refractivity contribution in [1.29, 1.82) is 0 Å². The molecule has 160 valence electrons. The molecule has 2 saturated heterocycles. The van der Waals surface area contributed by atoms with Gasteiger partial charge in [0, 0.05) is 6.42 Å². The molecule has 2 unspecified atom stereocenters. The first-order chi connectivity index (χ1) is 12.6. The van der Waals surface area contributed by atoms with Gasteiger partial charge < -0.3 is 60.2 Å². The molecular formula is C15H28O12. The van der Waals surface area contributed by atoms with Gasteiger partial charge in [0.1, 0.15) is 49.3 Å². The number of rotatable bonds is 7. The maximum Gasteiger partial charge on any atom is 0.224 e. The Balaban J connectivity index is 2.43. The standard InChI is InChI=1S/C15H28O12/c1-6(19)2-14(13(24)11(22)9(20)7(3-16)25-14)27-15(5-18)12(23)10(21)8(4-17)26-15/h6-13,16-24H,2-5H2,1H3/t6?,7-,8-,9-,10-,11+,12+,13-,14+,15?/m1/s1. The Morgan fingerprint density at radius 3 is 1.74 bits per heavy atom. The zero-order valence-electron chi connectivity index (χ0n) is 14.7. The third kappa shape index (κ3) is 3.99. The van der Waals surface area contributed by atoms with E-state index in [1.54, 1.807) is 0 Å². The summed E-state index contributed by atoms with van der Waals surface area (Å²) in [6.07, 6.45) is -13.6. The molecule has 0 spiro atoms. The Hall–Kier alpha value is -0.480. The van der Waals surface area contributed by atoms with Crippen LogP contribution < -0.4 is 0 Å². The average Bonchev–Trinajstić information content (AvgIpc) is 2.87. The SMILES string of the molecule is CC(O)C[C@@]1(OC2(CO)O[C@H](CO)[C@@H](O)[C@@H]2O)O[C@H](CO)[C@@H](O)[C@H](O)[C@H]1O. The van der Waals surface area contributed by atoms with Crippen LogP contribution in [0.5, 0.6) is 0 Å². The molecule has 0 saturated carbocycles. The van der Waals surface area contributed by atoms with Crippen LogP contribution in [0.2, 0.25) is 0 Å². The predicted octanol–water partition coefficient (Wildman–Crippen LogP) is -5.25. The Labute approximate surface area is 154 Å². The fourth-order valence-corrected chi connectivity index (χ4v) is 3.46. The lowest BCUT2D eigenvalue weighted by atomic mass is 9.88. The van der Waals surface area contributed by atoms with Crippen LogP contribution in [0, 0.1) is 0 Å². The van der Waals surface area contributed by atoms with Crippen LogP contribution in [0.1, 0.15) is 13.3 Å². The molecule has 0 radical (unpaired) electrons. The van der Waals surface area contributed by atoms with Gasteiger partial charge in [-0.3, -0.25) is 0 Å². The smallest absolute Gasteiger partial charge is 0.224 e. The summed E-state index contributed by atoms with van der Waals surface area (Å²) in [6.45, 7) is -1.26. The van der Waals surface area contributed by atoms with Crippen molar-refractivity contribution in [3.8, 4) is 0 Å². The first-order valence-corrected chi connectivity index (χ1v) is 8.54. The largest absolute Gasteiger partial charge is 0.394 e. The fraction of sp³-hybridized carbons (Fsp3) is 1.00. The van der Waals surface area contributed by atoms with Crippen molar-refractivity contribution < 1.29 is 60.2 Å². The Morgan fingerprint density at radius 1 is 0.815 bits per heavy atom. The number of aliphatic hydroxyl groups is 9. The number of ether oxygens (including phenoxy) is 3. The highest BCUT2D eigenvalue weighted by molar-refractivity contribution is 5.03. The van der Waals surface area contributed by atoms with Gasteiger partial charge in [0.25, 0.3) is 0 Å². The molecule has 0 bridgehead atoms. The highest BCUT2D eigenvalue weighted by Crippen LogP contribution is 2.42. The fourth-order valence-electron chi connectivity index (χ4n) is 3.46. The molecule has 12 heteroatoms. The number of hydrogen-bond acceptors (Lipinski definition) is 12. The van der Waals surface area contributed by atoms with E-state index in [-0.39, 0.29) is 0 Å². The molecule has 2 aliphatic rings. The summed E-state index contributed by atoms with van der Waals surface area (Å²) in [5.41, 5.74) is 0. The van der Waals surface area contributed by atoms with Gasteiger partial charge >= 0.3 is 0 Å². The Bertz CT molecular complexity index is 489. The average molecular weight is 400 g/mol. The minimum absolute atomic E-state index is 0.522. The zero-order valence-corrected chi connectivity index (χ0v) is 14.7. The first kappa shape index (κ1) is 22.8. The summed E-state index contributed by atoms with van der Waals surface area (Å²) in [5.74, 6) is -4.72. The monoisotopic (exact) mass is 400 g/mol. The van der Waals surface area contributed by atoms with Gasteiger partial charge in [0.15, 0.2) is 0 Å². The van der Waals surface area contributed by atoms with E-state index in [2.05, 4.69) is 0 Å². The van der Waals surface area contributed by atoms with Crippen molar-refractivity contribution in [1.82, 2.24) is 0 Å². The van der Waals surface area contributed by atoms with Crippen LogP contribution in [-0.2, 0) is 14.2 Å². The van der Waals surface area contributed by atoms with Gasteiger partial charge in [0.2, 0.25) is 11.6 Å². The molecule has 2 rings (SSSR count). The maximum absolute atomic E-state index is 10.5. The minimum Gasteiger partial charge on any atom is -0.394 e. The topological polar surface area (TPSA) is 210 Å². The molecule has 9 N–H and O–H groups in total. The predicted molar refractivity (Wildman–Crippen MR) is 83.9 cm³/mol. The molecule has 0 aromatic heterocycles. The molecule has 0 aromatic rings. The second kappa shape index (κ2) is 8.49. The lowest BCUT2D eigenvalue weighted by Crippen LogP contribution is -2.70. The Morgan fingerprint density at radius 2 is 1.30 bits per heavy atom. The van der Waals surface area contributed by atoms with E-state index in [0.29, 0.717) is 0 Å². The van der Waals surface area contributed by atoms with E-state index in [9.17, 15) is 46.0 Å². The minimum atomic E-state index is -2.38. The summed E-state index contributed by atoms with van der Waals surface area (Å²) in [4.78, 5) is 0. The molecule has 10 atom stereocenters. The lowest BCUT2D eigenvalue weighted by molar-refractivity contribution is -0.438. The van der Waals surface area contributed by atoms with Crippen molar-refractivity contribution in [2.75, 3.05) is 19.8 Å². The van der Waals surface area contributed by atoms with Gasteiger partial charge in [-0.15, -0.1) is 0 Å². The van der Waals surface area contributed by atoms with Crippen molar-refractivity contribution in [3.05, 3.63) is 0 Å². The third-order valence-corrected chi connectivity index (χ3v) is 4.87. The Kier molecular flexibility index (Phi) is 7.17. The van der Waals surface area contributed by atoms with Gasteiger partial charge in [-0.05, 0) is 6.92 Å². The van der Waals surface area contributed by atoms with Crippen LogP contribution >= 0.6 is 0 Å². The molecular weight excluding hydrogens is 372 g/mol. The van der Waals surface area contributed by atoms with Crippen molar-refractivity contribution in [2.45, 2.75) is 73.8 Å². The first-order valence-electron chi connectivity index (χ1n) is 8.54. The highest BCUT2D eigenvalue weighted by Gasteiger charge is 2.63. The summed E-state index contributed by atoms with van der Waals surface area (Å²) in [7, 11) is 0. The van der Waals surface area contributed by atoms with Gasteiger partial charge in [0.05, 0.1) is 19.3 Å². The molecule has 0 amide bonds. The van der Waals surface area contributed by atoms with Crippen LogP contribution in [0.4, 0.5) is 0 Å². The second-order valence-corrected chi connectivity index (χ2v) is 6.98. The molecule has 2 heterocycles. The lowest BCUT2D eigenvalue weighted by Gasteiger charge is -2.51. The van der Waals surface area contributed by atoms with Crippen LogP contribution in [-0.4, -0.2) is 126 Å². The number of aliphatic hydroxyl groups excluding tert-OH is 9. The van der Waals surface area contributed by atoms with Crippen molar-refractivity contribution in [3.63, 3.8) is 0 Å². The van der Waals surface area contributed by atoms with Gasteiger partial charge in [-0.1, -0.05) is 0 Å². The molecule has 27 heavy (non-hydrogen) atoms.